The van der Waals surface area contributed by atoms with Gasteiger partial charge in [0.2, 0.25) is 5.88 Å². The van der Waals surface area contributed by atoms with Crippen molar-refractivity contribution in [1.82, 2.24) is 24.9 Å². The minimum absolute atomic E-state index is 0.0531. The Morgan fingerprint density at radius 3 is 2.41 bits per heavy atom. The van der Waals surface area contributed by atoms with Gasteiger partial charge in [-0.05, 0) is 32.0 Å². The van der Waals surface area contributed by atoms with E-state index in [0.717, 1.165) is 29.1 Å². The molecule has 1 atom stereocenters. The van der Waals surface area contributed by atoms with E-state index >= 15 is 0 Å². The van der Waals surface area contributed by atoms with Crippen molar-refractivity contribution in [3.8, 4) is 11.6 Å². The lowest BCUT2D eigenvalue weighted by molar-refractivity contribution is -0.137. The molecule has 0 saturated carbocycles. The lowest BCUT2D eigenvalue weighted by Crippen LogP contribution is -2.42. The van der Waals surface area contributed by atoms with Crippen LogP contribution >= 0.6 is 0 Å². The van der Waals surface area contributed by atoms with Crippen LogP contribution in [0.4, 0.5) is 22.0 Å². The Morgan fingerprint density at radius 2 is 1.84 bits per heavy atom. The number of halogens is 5. The number of hydrogen-bond donors (Lipinski definition) is 0. The third-order valence-electron chi connectivity index (χ3n) is 4.59. The SMILES string of the molecule is CCN(C(=O)c1ccc(F)c(F)c1-n1nccn1)[C@@H](C)COc1ccc(C(F)(F)F)cn1. The van der Waals surface area contributed by atoms with E-state index in [0.29, 0.717) is 6.20 Å². The summed E-state index contributed by atoms with van der Waals surface area (Å²) in [6, 6.07) is 3.29. The van der Waals surface area contributed by atoms with Gasteiger partial charge in [0, 0.05) is 18.8 Å². The highest BCUT2D eigenvalue weighted by atomic mass is 19.4. The highest BCUT2D eigenvalue weighted by Crippen LogP contribution is 2.29. The molecule has 32 heavy (non-hydrogen) atoms. The standard InChI is InChI=1S/C20H18F5N5O2/c1-3-29(12(2)11-32-16-7-4-13(10-26-16)20(23,24)25)19(31)14-5-6-15(21)17(22)18(14)30-27-8-9-28-30/h4-10,12H,3,11H2,1-2H3/t12-/m0/s1. The van der Waals surface area contributed by atoms with Crippen LogP contribution in [0.1, 0.15) is 29.8 Å². The van der Waals surface area contributed by atoms with Gasteiger partial charge in [-0.25, -0.2) is 13.8 Å². The smallest absolute Gasteiger partial charge is 0.417 e. The number of ether oxygens (including phenoxy) is 1. The molecule has 0 unspecified atom stereocenters. The van der Waals surface area contributed by atoms with Crippen molar-refractivity contribution in [1.29, 1.82) is 0 Å². The fourth-order valence-corrected chi connectivity index (χ4v) is 2.98. The number of carbonyl (C=O) groups excluding carboxylic acids is 1. The van der Waals surface area contributed by atoms with Gasteiger partial charge >= 0.3 is 6.18 Å². The number of rotatable bonds is 7. The molecular formula is C20H18F5N5O2. The summed E-state index contributed by atoms with van der Waals surface area (Å²) in [5.41, 5.74) is -1.52. The summed E-state index contributed by atoms with van der Waals surface area (Å²) in [6.45, 7) is 3.40. The molecule has 7 nitrogen and oxygen atoms in total. The van der Waals surface area contributed by atoms with Gasteiger partial charge in [-0.2, -0.15) is 23.4 Å². The predicted octanol–water partition coefficient (Wildman–Crippen LogP) is 3.89. The first-order valence-electron chi connectivity index (χ1n) is 9.45. The molecule has 0 aliphatic rings. The van der Waals surface area contributed by atoms with E-state index in [1.165, 1.54) is 17.3 Å². The number of alkyl halides is 3. The highest BCUT2D eigenvalue weighted by molar-refractivity contribution is 5.98. The second-order valence-electron chi connectivity index (χ2n) is 6.71. The number of hydrogen-bond acceptors (Lipinski definition) is 5. The Balaban J connectivity index is 1.78. The summed E-state index contributed by atoms with van der Waals surface area (Å²) < 4.78 is 71.6. The Morgan fingerprint density at radius 1 is 1.16 bits per heavy atom. The predicted molar refractivity (Wildman–Crippen MR) is 102 cm³/mol. The zero-order valence-electron chi connectivity index (χ0n) is 17.0. The molecule has 0 bridgehead atoms. The van der Waals surface area contributed by atoms with E-state index in [9.17, 15) is 26.7 Å². The number of nitrogens with zero attached hydrogens (tertiary/aromatic N) is 5. The van der Waals surface area contributed by atoms with E-state index in [1.807, 2.05) is 0 Å². The molecule has 2 aromatic heterocycles. The van der Waals surface area contributed by atoms with Gasteiger partial charge in [0.05, 0.1) is 29.6 Å². The first-order valence-corrected chi connectivity index (χ1v) is 9.45. The normalized spacial score (nSPS) is 12.5. The van der Waals surface area contributed by atoms with Crippen LogP contribution in [0.2, 0.25) is 0 Å². The van der Waals surface area contributed by atoms with Gasteiger partial charge in [-0.15, -0.1) is 4.80 Å². The van der Waals surface area contributed by atoms with Gasteiger partial charge in [0.15, 0.2) is 11.6 Å². The first kappa shape index (κ1) is 23.1. The lowest BCUT2D eigenvalue weighted by Gasteiger charge is -2.28. The minimum atomic E-state index is -4.52. The first-order chi connectivity index (χ1) is 15.1. The topological polar surface area (TPSA) is 73.1 Å². The fraction of sp³-hybridized carbons (Fsp3) is 0.300. The molecule has 3 rings (SSSR count). The number of likely N-dealkylation sites (N-methyl/N-ethyl adjacent to an activating group) is 1. The van der Waals surface area contributed by atoms with Crippen molar-refractivity contribution in [2.75, 3.05) is 13.2 Å². The molecule has 0 aliphatic heterocycles. The molecule has 1 amide bonds. The summed E-state index contributed by atoms with van der Waals surface area (Å²) in [7, 11) is 0. The molecule has 0 spiro atoms. The van der Waals surface area contributed by atoms with E-state index in [-0.39, 0.29) is 24.6 Å². The van der Waals surface area contributed by atoms with Crippen molar-refractivity contribution in [2.24, 2.45) is 0 Å². The lowest BCUT2D eigenvalue weighted by atomic mass is 10.1. The van der Waals surface area contributed by atoms with E-state index < -0.39 is 41.0 Å². The molecule has 0 N–H and O–H groups in total. The zero-order chi connectivity index (χ0) is 23.5. The number of pyridine rings is 1. The van der Waals surface area contributed by atoms with Crippen molar-refractivity contribution >= 4 is 5.91 Å². The molecular weight excluding hydrogens is 437 g/mol. The van der Waals surface area contributed by atoms with Crippen LogP contribution in [-0.4, -0.2) is 50.0 Å². The second kappa shape index (κ2) is 9.28. The number of amides is 1. The van der Waals surface area contributed by atoms with E-state index in [2.05, 4.69) is 15.2 Å². The number of benzene rings is 1. The van der Waals surface area contributed by atoms with Crippen molar-refractivity contribution in [2.45, 2.75) is 26.1 Å². The van der Waals surface area contributed by atoms with Crippen LogP contribution < -0.4 is 4.74 Å². The molecule has 0 saturated heterocycles. The summed E-state index contributed by atoms with van der Waals surface area (Å²) >= 11 is 0. The van der Waals surface area contributed by atoms with Crippen LogP contribution in [0.15, 0.2) is 42.9 Å². The maximum Gasteiger partial charge on any atom is 0.417 e. The van der Waals surface area contributed by atoms with Gasteiger partial charge in [0.25, 0.3) is 5.91 Å². The Bertz CT molecular complexity index is 1070. The van der Waals surface area contributed by atoms with Crippen molar-refractivity contribution < 1.29 is 31.5 Å². The molecule has 12 heteroatoms. The van der Waals surface area contributed by atoms with Crippen LogP contribution in [0.25, 0.3) is 5.69 Å². The van der Waals surface area contributed by atoms with E-state index in [4.69, 9.17) is 4.74 Å². The Kier molecular flexibility index (Phi) is 6.70. The zero-order valence-corrected chi connectivity index (χ0v) is 17.0. The molecule has 0 aliphatic carbocycles. The fourth-order valence-electron chi connectivity index (χ4n) is 2.98. The Hall–Kier alpha value is -3.57. The maximum atomic E-state index is 14.5. The van der Waals surface area contributed by atoms with Crippen molar-refractivity contribution in [3.05, 3.63) is 65.6 Å². The molecule has 3 aromatic rings. The summed E-state index contributed by atoms with van der Waals surface area (Å²) in [4.78, 5) is 18.9. The monoisotopic (exact) mass is 455 g/mol. The highest BCUT2D eigenvalue weighted by Gasteiger charge is 2.31. The van der Waals surface area contributed by atoms with Gasteiger partial charge in [-0.1, -0.05) is 0 Å². The van der Waals surface area contributed by atoms with Gasteiger partial charge < -0.3 is 9.64 Å². The Labute approximate surface area is 179 Å². The van der Waals surface area contributed by atoms with Crippen LogP contribution in [0.5, 0.6) is 5.88 Å². The van der Waals surface area contributed by atoms with Crippen LogP contribution in [0.3, 0.4) is 0 Å². The quantitative estimate of drug-likeness (QED) is 0.506. The van der Waals surface area contributed by atoms with Crippen molar-refractivity contribution in [3.63, 3.8) is 0 Å². The van der Waals surface area contributed by atoms with Crippen LogP contribution in [-0.2, 0) is 6.18 Å². The molecule has 170 valence electrons. The molecule has 0 fully saturated rings. The number of aromatic nitrogens is 4. The number of carbonyl (C=O) groups is 1. The second-order valence-corrected chi connectivity index (χ2v) is 6.71. The molecule has 2 heterocycles. The maximum absolute atomic E-state index is 14.5. The summed E-state index contributed by atoms with van der Waals surface area (Å²) in [5.74, 6) is -3.12. The summed E-state index contributed by atoms with van der Waals surface area (Å²) in [6.07, 6.45) is -1.36. The minimum Gasteiger partial charge on any atom is -0.475 e. The van der Waals surface area contributed by atoms with Crippen LogP contribution in [0, 0.1) is 11.6 Å². The largest absolute Gasteiger partial charge is 0.475 e. The molecule has 1 aromatic carbocycles. The third kappa shape index (κ3) is 4.84. The molecule has 0 radical (unpaired) electrons. The van der Waals surface area contributed by atoms with Gasteiger partial charge in [0.1, 0.15) is 12.3 Å². The summed E-state index contributed by atoms with van der Waals surface area (Å²) in [5, 5.41) is 7.55. The van der Waals surface area contributed by atoms with E-state index in [1.54, 1.807) is 13.8 Å². The van der Waals surface area contributed by atoms with Gasteiger partial charge in [-0.3, -0.25) is 4.79 Å². The average molecular weight is 455 g/mol. The third-order valence-corrected chi connectivity index (χ3v) is 4.59. The average Bonchev–Trinajstić information content (AvgIpc) is 3.28.